The maximum absolute atomic E-state index is 4.32. The molecule has 0 bridgehead atoms. The normalized spacial score (nSPS) is 10.5. The smallest absolute Gasteiger partial charge is 0.102 e. The molecule has 0 spiro atoms. The van der Waals surface area contributed by atoms with E-state index in [9.17, 15) is 0 Å². The fraction of sp³-hybridized carbons (Fsp3) is 0.222. The van der Waals surface area contributed by atoms with Gasteiger partial charge in [-0.25, -0.2) is 0 Å². The topological polar surface area (TPSA) is 17.8 Å². The van der Waals surface area contributed by atoms with Crippen LogP contribution in [0.15, 0.2) is 23.7 Å². The summed E-state index contributed by atoms with van der Waals surface area (Å²) in [5, 5.41) is 6.46. The minimum absolute atomic E-state index is 1.07. The number of nitrogens with zero attached hydrogens (tertiary/aromatic N) is 2. The molecule has 0 saturated heterocycles. The van der Waals surface area contributed by atoms with Crippen LogP contribution in [0.4, 0.5) is 0 Å². The fourth-order valence-electron chi connectivity index (χ4n) is 1.11. The van der Waals surface area contributed by atoms with Gasteiger partial charge in [-0.2, -0.15) is 5.10 Å². The zero-order valence-corrected chi connectivity index (χ0v) is 7.93. The molecule has 0 aliphatic carbocycles. The molecule has 0 fully saturated rings. The van der Waals surface area contributed by atoms with Crippen molar-refractivity contribution in [1.29, 1.82) is 0 Å². The van der Waals surface area contributed by atoms with Gasteiger partial charge in [0.25, 0.3) is 0 Å². The van der Waals surface area contributed by atoms with E-state index in [2.05, 4.69) is 23.5 Å². The van der Waals surface area contributed by atoms with Crippen molar-refractivity contribution >= 4 is 11.3 Å². The monoisotopic (exact) mass is 178 g/mol. The number of hydrogen-bond acceptors (Lipinski definition) is 2. The van der Waals surface area contributed by atoms with Gasteiger partial charge in [0.1, 0.15) is 5.69 Å². The Labute approximate surface area is 75.5 Å². The molecule has 62 valence electrons. The molecule has 0 N–H and O–H groups in total. The van der Waals surface area contributed by atoms with Crippen LogP contribution in [-0.2, 0) is 7.05 Å². The second-order valence-corrected chi connectivity index (χ2v) is 3.77. The zero-order valence-electron chi connectivity index (χ0n) is 7.11. The summed E-state index contributed by atoms with van der Waals surface area (Å²) in [6, 6.07) is 4.19. The van der Waals surface area contributed by atoms with Crippen molar-refractivity contribution in [1.82, 2.24) is 9.78 Å². The SMILES string of the molecule is Cc1csc(-c2ccn(C)n2)c1. The lowest BCUT2D eigenvalue weighted by molar-refractivity contribution is 0.771. The van der Waals surface area contributed by atoms with Crippen molar-refractivity contribution in [2.75, 3.05) is 0 Å². The summed E-state index contributed by atoms with van der Waals surface area (Å²) in [7, 11) is 1.93. The standard InChI is InChI=1S/C9H10N2S/c1-7-5-9(12-6-7)8-3-4-11(2)10-8/h3-6H,1-2H3. The molecule has 2 heterocycles. The molecule has 2 aromatic heterocycles. The van der Waals surface area contributed by atoms with E-state index >= 15 is 0 Å². The van der Waals surface area contributed by atoms with Crippen LogP contribution in [-0.4, -0.2) is 9.78 Å². The first kappa shape index (κ1) is 7.55. The van der Waals surface area contributed by atoms with Gasteiger partial charge in [-0.15, -0.1) is 11.3 Å². The van der Waals surface area contributed by atoms with E-state index in [1.165, 1.54) is 10.4 Å². The molecule has 3 heteroatoms. The van der Waals surface area contributed by atoms with Crippen molar-refractivity contribution in [3.63, 3.8) is 0 Å². The van der Waals surface area contributed by atoms with Crippen LogP contribution in [0.1, 0.15) is 5.56 Å². The van der Waals surface area contributed by atoms with Crippen LogP contribution >= 0.6 is 11.3 Å². The van der Waals surface area contributed by atoms with Crippen LogP contribution in [0.25, 0.3) is 10.6 Å². The van der Waals surface area contributed by atoms with E-state index in [0.717, 1.165) is 5.69 Å². The molecule has 2 nitrogen and oxygen atoms in total. The molecule has 0 aliphatic rings. The molecular formula is C9H10N2S. The third-order valence-corrected chi connectivity index (χ3v) is 2.77. The average Bonchev–Trinajstić information content (AvgIpc) is 2.58. The lowest BCUT2D eigenvalue weighted by Gasteiger charge is -1.87. The first-order chi connectivity index (χ1) is 5.75. The highest BCUT2D eigenvalue weighted by Gasteiger charge is 2.02. The highest BCUT2D eigenvalue weighted by molar-refractivity contribution is 7.13. The maximum Gasteiger partial charge on any atom is 0.102 e. The van der Waals surface area contributed by atoms with Crippen molar-refractivity contribution < 1.29 is 0 Å². The second kappa shape index (κ2) is 2.75. The lowest BCUT2D eigenvalue weighted by atomic mass is 10.3. The molecule has 0 radical (unpaired) electrons. The Hall–Kier alpha value is -1.09. The summed E-state index contributed by atoms with van der Waals surface area (Å²) in [6.45, 7) is 2.10. The van der Waals surface area contributed by atoms with Crippen LogP contribution in [0, 0.1) is 6.92 Å². The first-order valence-corrected chi connectivity index (χ1v) is 4.69. The number of aryl methyl sites for hydroxylation is 2. The van der Waals surface area contributed by atoms with Crippen molar-refractivity contribution in [3.05, 3.63) is 29.3 Å². The highest BCUT2D eigenvalue weighted by Crippen LogP contribution is 2.24. The Balaban J connectivity index is 2.43. The lowest BCUT2D eigenvalue weighted by Crippen LogP contribution is -1.86. The Bertz CT molecular complexity index is 348. The van der Waals surface area contributed by atoms with E-state index in [0.29, 0.717) is 0 Å². The van der Waals surface area contributed by atoms with Gasteiger partial charge in [0.05, 0.1) is 4.88 Å². The quantitative estimate of drug-likeness (QED) is 0.656. The molecule has 0 aromatic carbocycles. The fourth-order valence-corrected chi connectivity index (χ4v) is 1.98. The van der Waals surface area contributed by atoms with Gasteiger partial charge >= 0.3 is 0 Å². The highest BCUT2D eigenvalue weighted by atomic mass is 32.1. The summed E-state index contributed by atoms with van der Waals surface area (Å²) >= 11 is 1.74. The Morgan fingerprint density at radius 2 is 2.33 bits per heavy atom. The van der Waals surface area contributed by atoms with E-state index in [4.69, 9.17) is 0 Å². The average molecular weight is 178 g/mol. The summed E-state index contributed by atoms with van der Waals surface area (Å²) in [4.78, 5) is 1.24. The molecule has 12 heavy (non-hydrogen) atoms. The molecule has 0 saturated carbocycles. The predicted molar refractivity (Wildman–Crippen MR) is 51.3 cm³/mol. The maximum atomic E-state index is 4.32. The number of rotatable bonds is 1. The van der Waals surface area contributed by atoms with Crippen molar-refractivity contribution in [3.8, 4) is 10.6 Å². The van der Waals surface area contributed by atoms with Crippen LogP contribution in [0.5, 0.6) is 0 Å². The summed E-state index contributed by atoms with van der Waals surface area (Å²) in [5.74, 6) is 0. The molecule has 0 amide bonds. The molecule has 0 aliphatic heterocycles. The Kier molecular flexibility index (Phi) is 1.73. The predicted octanol–water partition coefficient (Wildman–Crippen LogP) is 2.46. The van der Waals surface area contributed by atoms with Gasteiger partial charge in [-0.3, -0.25) is 4.68 Å². The molecule has 2 rings (SSSR count). The van der Waals surface area contributed by atoms with Crippen LogP contribution in [0.3, 0.4) is 0 Å². The van der Waals surface area contributed by atoms with Gasteiger partial charge < -0.3 is 0 Å². The third kappa shape index (κ3) is 1.28. The Morgan fingerprint density at radius 3 is 2.83 bits per heavy atom. The number of thiophene rings is 1. The van der Waals surface area contributed by atoms with Gasteiger partial charge in [0.15, 0.2) is 0 Å². The largest absolute Gasteiger partial charge is 0.275 e. The van der Waals surface area contributed by atoms with E-state index < -0.39 is 0 Å². The molecule has 0 atom stereocenters. The number of hydrogen-bond donors (Lipinski definition) is 0. The minimum Gasteiger partial charge on any atom is -0.275 e. The molecule has 2 aromatic rings. The van der Waals surface area contributed by atoms with Crippen LogP contribution in [0.2, 0.25) is 0 Å². The van der Waals surface area contributed by atoms with Gasteiger partial charge in [-0.1, -0.05) is 0 Å². The second-order valence-electron chi connectivity index (χ2n) is 2.86. The van der Waals surface area contributed by atoms with Gasteiger partial charge in [0, 0.05) is 13.2 Å². The third-order valence-electron chi connectivity index (χ3n) is 1.70. The summed E-state index contributed by atoms with van der Waals surface area (Å²) in [5.41, 5.74) is 2.37. The van der Waals surface area contributed by atoms with Crippen molar-refractivity contribution in [2.24, 2.45) is 7.05 Å². The Morgan fingerprint density at radius 1 is 1.50 bits per heavy atom. The van der Waals surface area contributed by atoms with Crippen LogP contribution < -0.4 is 0 Å². The molecule has 0 unspecified atom stereocenters. The minimum atomic E-state index is 1.07. The first-order valence-electron chi connectivity index (χ1n) is 3.81. The van der Waals surface area contributed by atoms with Gasteiger partial charge in [0.2, 0.25) is 0 Å². The van der Waals surface area contributed by atoms with E-state index in [1.54, 1.807) is 11.3 Å². The van der Waals surface area contributed by atoms with Gasteiger partial charge in [-0.05, 0) is 30.0 Å². The van der Waals surface area contributed by atoms with E-state index in [-0.39, 0.29) is 0 Å². The number of aromatic nitrogens is 2. The summed E-state index contributed by atoms with van der Waals surface area (Å²) in [6.07, 6.45) is 1.96. The zero-order chi connectivity index (χ0) is 8.55. The summed E-state index contributed by atoms with van der Waals surface area (Å²) < 4.78 is 1.82. The van der Waals surface area contributed by atoms with Crippen molar-refractivity contribution in [2.45, 2.75) is 6.92 Å². The van der Waals surface area contributed by atoms with E-state index in [1.807, 2.05) is 24.0 Å². The molecular weight excluding hydrogens is 168 g/mol.